The van der Waals surface area contributed by atoms with E-state index >= 15 is 0 Å². The summed E-state index contributed by atoms with van der Waals surface area (Å²) in [5, 5.41) is 2.10. The van der Waals surface area contributed by atoms with Crippen LogP contribution in [0, 0.1) is 17.5 Å². The van der Waals surface area contributed by atoms with Crippen LogP contribution in [0.3, 0.4) is 0 Å². The van der Waals surface area contributed by atoms with Gasteiger partial charge in [-0.1, -0.05) is 0 Å². The number of hydrogen-bond donors (Lipinski definition) is 2. The normalized spacial score (nSPS) is 10.4. The lowest BCUT2D eigenvalue weighted by atomic mass is 10.2. The maximum atomic E-state index is 13.4. The molecule has 4 nitrogen and oxygen atoms in total. The van der Waals surface area contributed by atoms with E-state index in [9.17, 15) is 18.0 Å². The fraction of sp³-hybridized carbons (Fsp3) is 0. The maximum absolute atomic E-state index is 13.4. The zero-order valence-corrected chi connectivity index (χ0v) is 11.3. The number of carbonyl (C=O) groups excluding carboxylic acids is 1. The molecule has 0 atom stereocenters. The highest BCUT2D eigenvalue weighted by atomic mass is 79.9. The Bertz CT molecular complexity index is 694. The van der Waals surface area contributed by atoms with Crippen LogP contribution < -0.4 is 11.1 Å². The van der Waals surface area contributed by atoms with Crippen molar-refractivity contribution in [2.24, 2.45) is 0 Å². The first-order valence-corrected chi connectivity index (χ1v) is 6.04. The van der Waals surface area contributed by atoms with Crippen molar-refractivity contribution in [3.05, 3.63) is 51.9 Å². The first-order chi connectivity index (χ1) is 9.38. The molecule has 0 spiro atoms. The third-order valence-electron chi connectivity index (χ3n) is 2.39. The number of benzene rings is 1. The van der Waals surface area contributed by atoms with E-state index in [0.717, 1.165) is 0 Å². The van der Waals surface area contributed by atoms with Crippen LogP contribution in [-0.4, -0.2) is 10.9 Å². The van der Waals surface area contributed by atoms with E-state index in [4.69, 9.17) is 5.73 Å². The molecular weight excluding hydrogens is 339 g/mol. The van der Waals surface area contributed by atoms with Gasteiger partial charge in [0.05, 0.1) is 11.3 Å². The number of nitrogens with two attached hydrogens (primary N) is 1. The number of halogens is 4. The van der Waals surface area contributed by atoms with Crippen LogP contribution in [0.2, 0.25) is 0 Å². The number of nitrogens with one attached hydrogen (secondary N) is 1. The average molecular weight is 346 g/mol. The number of pyridine rings is 1. The van der Waals surface area contributed by atoms with Crippen LogP contribution in [0.4, 0.5) is 24.7 Å². The third-order valence-corrected chi connectivity index (χ3v) is 2.82. The molecule has 20 heavy (non-hydrogen) atoms. The number of anilines is 2. The van der Waals surface area contributed by atoms with Gasteiger partial charge in [-0.05, 0) is 22.0 Å². The highest BCUT2D eigenvalue weighted by Crippen LogP contribution is 2.21. The summed E-state index contributed by atoms with van der Waals surface area (Å²) in [6, 6.07) is 2.26. The Morgan fingerprint density at radius 2 is 1.80 bits per heavy atom. The average Bonchev–Trinajstić information content (AvgIpc) is 2.38. The summed E-state index contributed by atoms with van der Waals surface area (Å²) in [4.78, 5) is 15.6. The van der Waals surface area contributed by atoms with Gasteiger partial charge in [0.25, 0.3) is 5.91 Å². The predicted octanol–water partition coefficient (Wildman–Crippen LogP) is 3.10. The lowest BCUT2D eigenvalue weighted by Crippen LogP contribution is -2.16. The maximum Gasteiger partial charge on any atom is 0.259 e. The van der Waals surface area contributed by atoms with Gasteiger partial charge >= 0.3 is 0 Å². The molecule has 0 radical (unpaired) electrons. The van der Waals surface area contributed by atoms with Gasteiger partial charge in [-0.25, -0.2) is 18.2 Å². The molecule has 1 aromatic carbocycles. The van der Waals surface area contributed by atoms with Crippen molar-refractivity contribution < 1.29 is 18.0 Å². The number of hydrogen-bond acceptors (Lipinski definition) is 3. The molecule has 8 heteroatoms. The molecule has 1 aromatic heterocycles. The zero-order valence-electron chi connectivity index (χ0n) is 9.75. The molecular formula is C12H7BrF3N3O. The monoisotopic (exact) mass is 345 g/mol. The summed E-state index contributed by atoms with van der Waals surface area (Å²) in [5.74, 6) is -4.58. The van der Waals surface area contributed by atoms with Crippen molar-refractivity contribution in [2.75, 3.05) is 11.1 Å². The van der Waals surface area contributed by atoms with Gasteiger partial charge < -0.3 is 11.1 Å². The molecule has 2 aromatic rings. The second-order valence-electron chi connectivity index (χ2n) is 3.79. The molecule has 0 unspecified atom stereocenters. The molecule has 1 heterocycles. The van der Waals surface area contributed by atoms with E-state index in [2.05, 4.69) is 26.2 Å². The standard InChI is InChI=1S/C12H7BrF3N3O/c13-5-1-6(11(17)18-4-5)12(20)19-10-3-8(15)7(14)2-9(10)16/h1-4H,(H2,17,18)(H,19,20). The number of carbonyl (C=O) groups is 1. The molecule has 0 aliphatic heterocycles. The Morgan fingerprint density at radius 3 is 2.50 bits per heavy atom. The van der Waals surface area contributed by atoms with Crippen LogP contribution in [0.5, 0.6) is 0 Å². The first kappa shape index (κ1) is 14.3. The fourth-order valence-corrected chi connectivity index (χ4v) is 1.77. The van der Waals surface area contributed by atoms with Crippen LogP contribution in [0.25, 0.3) is 0 Å². The van der Waals surface area contributed by atoms with Crippen molar-refractivity contribution >= 4 is 33.3 Å². The molecule has 0 bridgehead atoms. The van der Waals surface area contributed by atoms with Crippen molar-refractivity contribution in [3.63, 3.8) is 0 Å². The quantitative estimate of drug-likeness (QED) is 0.822. The summed E-state index contributed by atoms with van der Waals surface area (Å²) < 4.78 is 39.7. The van der Waals surface area contributed by atoms with E-state index in [1.165, 1.54) is 12.3 Å². The van der Waals surface area contributed by atoms with Crippen molar-refractivity contribution in [1.82, 2.24) is 4.98 Å². The van der Waals surface area contributed by atoms with Crippen LogP contribution in [-0.2, 0) is 0 Å². The number of amides is 1. The topological polar surface area (TPSA) is 68.0 Å². The summed E-state index contributed by atoms with van der Waals surface area (Å²) in [6.45, 7) is 0. The lowest BCUT2D eigenvalue weighted by molar-refractivity contribution is 0.102. The number of nitrogen functional groups attached to an aromatic ring is 1. The Labute approximate surface area is 119 Å². The van der Waals surface area contributed by atoms with Crippen molar-refractivity contribution in [3.8, 4) is 0 Å². The molecule has 0 aliphatic rings. The molecule has 1 amide bonds. The molecule has 0 saturated carbocycles. The lowest BCUT2D eigenvalue weighted by Gasteiger charge is -2.08. The zero-order chi connectivity index (χ0) is 14.9. The van der Waals surface area contributed by atoms with E-state index in [1.807, 2.05) is 0 Å². The minimum Gasteiger partial charge on any atom is -0.383 e. The number of nitrogens with zero attached hydrogens (tertiary/aromatic N) is 1. The molecule has 3 N–H and O–H groups in total. The smallest absolute Gasteiger partial charge is 0.259 e. The van der Waals surface area contributed by atoms with Gasteiger partial charge in [-0.3, -0.25) is 4.79 Å². The van der Waals surface area contributed by atoms with Crippen LogP contribution in [0.1, 0.15) is 10.4 Å². The Hall–Kier alpha value is -2.09. The van der Waals surface area contributed by atoms with Crippen LogP contribution >= 0.6 is 15.9 Å². The van der Waals surface area contributed by atoms with E-state index in [-0.39, 0.29) is 11.4 Å². The Morgan fingerprint density at radius 1 is 1.15 bits per heavy atom. The molecule has 0 fully saturated rings. The molecule has 0 saturated heterocycles. The van der Waals surface area contributed by atoms with Gasteiger partial charge in [0.15, 0.2) is 11.6 Å². The van der Waals surface area contributed by atoms with Gasteiger partial charge in [0.2, 0.25) is 0 Å². The fourth-order valence-electron chi connectivity index (χ4n) is 1.44. The minimum atomic E-state index is -1.34. The minimum absolute atomic E-state index is 0.0245. The largest absolute Gasteiger partial charge is 0.383 e. The van der Waals surface area contributed by atoms with Gasteiger partial charge in [0, 0.05) is 22.8 Å². The van der Waals surface area contributed by atoms with Crippen LogP contribution in [0.15, 0.2) is 28.9 Å². The van der Waals surface area contributed by atoms with E-state index < -0.39 is 29.0 Å². The summed E-state index contributed by atoms with van der Waals surface area (Å²) in [6.07, 6.45) is 1.38. The Balaban J connectivity index is 2.32. The highest BCUT2D eigenvalue weighted by molar-refractivity contribution is 9.10. The number of aromatic nitrogens is 1. The van der Waals surface area contributed by atoms with Crippen molar-refractivity contribution in [2.45, 2.75) is 0 Å². The molecule has 2 rings (SSSR count). The van der Waals surface area contributed by atoms with Gasteiger partial charge in [-0.2, -0.15) is 0 Å². The SMILES string of the molecule is Nc1ncc(Br)cc1C(=O)Nc1cc(F)c(F)cc1F. The van der Waals surface area contributed by atoms with Gasteiger partial charge in [0.1, 0.15) is 11.6 Å². The first-order valence-electron chi connectivity index (χ1n) is 5.25. The second-order valence-corrected chi connectivity index (χ2v) is 4.70. The third kappa shape index (κ3) is 2.90. The number of rotatable bonds is 2. The second kappa shape index (κ2) is 5.49. The van der Waals surface area contributed by atoms with Crippen molar-refractivity contribution in [1.29, 1.82) is 0 Å². The predicted molar refractivity (Wildman–Crippen MR) is 70.6 cm³/mol. The molecule has 0 aliphatic carbocycles. The summed E-state index contributed by atoms with van der Waals surface area (Å²) in [5.41, 5.74) is 5.00. The summed E-state index contributed by atoms with van der Waals surface area (Å²) in [7, 11) is 0. The van der Waals surface area contributed by atoms with E-state index in [1.54, 1.807) is 0 Å². The Kier molecular flexibility index (Phi) is 3.93. The highest BCUT2D eigenvalue weighted by Gasteiger charge is 2.16. The summed E-state index contributed by atoms with van der Waals surface area (Å²) >= 11 is 3.10. The van der Waals surface area contributed by atoms with E-state index in [0.29, 0.717) is 16.6 Å². The molecule has 104 valence electrons. The van der Waals surface area contributed by atoms with Gasteiger partial charge in [-0.15, -0.1) is 0 Å².